The third-order valence-electron chi connectivity index (χ3n) is 5.34. The lowest BCUT2D eigenvalue weighted by Gasteiger charge is -2.33. The maximum absolute atomic E-state index is 12.7. The fraction of sp³-hybridized carbons (Fsp3) is 0.231. The van der Waals surface area contributed by atoms with Gasteiger partial charge in [0.15, 0.2) is 12.7 Å². The number of carbonyl (C=O) groups is 2. The normalized spacial score (nSPS) is 15.0. The number of nitrogens with one attached hydrogen (secondary N) is 1. The second-order valence-corrected chi connectivity index (χ2v) is 7.96. The molecule has 1 heterocycles. The maximum atomic E-state index is 12.7. The van der Waals surface area contributed by atoms with Crippen molar-refractivity contribution >= 4 is 23.2 Å². The second kappa shape index (κ2) is 9.14. The molecule has 32 heavy (non-hydrogen) atoms. The van der Waals surface area contributed by atoms with Crippen LogP contribution in [0.4, 0.5) is 11.4 Å². The SMILES string of the molecule is Cc1ccc(C)c(OCC(=O)Nc2ccc3c(c2)OC(C)C(=O)N3Cc2ccccc2)c1. The molecule has 1 atom stereocenters. The number of carbonyl (C=O) groups excluding carboxylic acids is 2. The number of amides is 2. The minimum absolute atomic E-state index is 0.0972. The zero-order valence-corrected chi connectivity index (χ0v) is 18.4. The average molecular weight is 431 g/mol. The highest BCUT2D eigenvalue weighted by molar-refractivity contribution is 6.00. The largest absolute Gasteiger partial charge is 0.483 e. The summed E-state index contributed by atoms with van der Waals surface area (Å²) >= 11 is 0. The zero-order valence-electron chi connectivity index (χ0n) is 18.4. The van der Waals surface area contributed by atoms with Crippen LogP contribution in [-0.2, 0) is 16.1 Å². The van der Waals surface area contributed by atoms with E-state index in [4.69, 9.17) is 9.47 Å². The minimum atomic E-state index is -0.607. The van der Waals surface area contributed by atoms with Gasteiger partial charge in [-0.15, -0.1) is 0 Å². The molecule has 0 spiro atoms. The van der Waals surface area contributed by atoms with Crippen LogP contribution in [0.15, 0.2) is 66.7 Å². The number of ether oxygens (including phenoxy) is 2. The Morgan fingerprint density at radius 3 is 2.62 bits per heavy atom. The summed E-state index contributed by atoms with van der Waals surface area (Å²) in [6, 6.07) is 21.0. The number of anilines is 2. The van der Waals surface area contributed by atoms with Crippen LogP contribution in [0, 0.1) is 13.8 Å². The number of hydrogen-bond acceptors (Lipinski definition) is 4. The molecule has 1 N–H and O–H groups in total. The van der Waals surface area contributed by atoms with E-state index < -0.39 is 6.10 Å². The summed E-state index contributed by atoms with van der Waals surface area (Å²) in [4.78, 5) is 26.9. The summed E-state index contributed by atoms with van der Waals surface area (Å²) in [7, 11) is 0. The molecule has 3 aromatic rings. The van der Waals surface area contributed by atoms with Crippen LogP contribution in [0.2, 0.25) is 0 Å². The molecule has 0 aliphatic carbocycles. The molecule has 6 heteroatoms. The van der Waals surface area contributed by atoms with Gasteiger partial charge in [0, 0.05) is 11.8 Å². The van der Waals surface area contributed by atoms with Crippen molar-refractivity contribution in [3.05, 3.63) is 83.4 Å². The number of benzene rings is 3. The first-order valence-electron chi connectivity index (χ1n) is 10.6. The van der Waals surface area contributed by atoms with Crippen LogP contribution in [-0.4, -0.2) is 24.5 Å². The van der Waals surface area contributed by atoms with Gasteiger partial charge in [0.25, 0.3) is 11.8 Å². The van der Waals surface area contributed by atoms with Gasteiger partial charge in [0.1, 0.15) is 11.5 Å². The van der Waals surface area contributed by atoms with Gasteiger partial charge in [-0.2, -0.15) is 0 Å². The lowest BCUT2D eigenvalue weighted by molar-refractivity contribution is -0.125. The predicted molar refractivity (Wildman–Crippen MR) is 124 cm³/mol. The van der Waals surface area contributed by atoms with Gasteiger partial charge in [-0.1, -0.05) is 42.5 Å². The molecule has 0 bridgehead atoms. The van der Waals surface area contributed by atoms with Crippen molar-refractivity contribution in [2.24, 2.45) is 0 Å². The van der Waals surface area contributed by atoms with Gasteiger partial charge in [0.05, 0.1) is 12.2 Å². The molecule has 0 saturated carbocycles. The van der Waals surface area contributed by atoms with E-state index in [1.165, 1.54) is 0 Å². The first kappa shape index (κ1) is 21.4. The Kier molecular flexibility index (Phi) is 6.12. The highest BCUT2D eigenvalue weighted by Crippen LogP contribution is 2.37. The summed E-state index contributed by atoms with van der Waals surface area (Å²) in [6.07, 6.45) is -0.607. The monoisotopic (exact) mass is 430 g/mol. The number of hydrogen-bond donors (Lipinski definition) is 1. The van der Waals surface area contributed by atoms with Crippen molar-refractivity contribution in [1.82, 2.24) is 0 Å². The Morgan fingerprint density at radius 2 is 1.84 bits per heavy atom. The lowest BCUT2D eigenvalue weighted by atomic mass is 10.1. The lowest BCUT2D eigenvalue weighted by Crippen LogP contribution is -2.44. The van der Waals surface area contributed by atoms with E-state index in [-0.39, 0.29) is 18.4 Å². The van der Waals surface area contributed by atoms with E-state index in [0.29, 0.717) is 29.4 Å². The average Bonchev–Trinajstić information content (AvgIpc) is 2.78. The molecule has 1 unspecified atom stereocenters. The fourth-order valence-corrected chi connectivity index (χ4v) is 3.62. The van der Waals surface area contributed by atoms with Crippen LogP contribution in [0.1, 0.15) is 23.6 Å². The topological polar surface area (TPSA) is 67.9 Å². The number of nitrogens with zero attached hydrogens (tertiary/aromatic N) is 1. The van der Waals surface area contributed by atoms with Crippen molar-refractivity contribution in [3.63, 3.8) is 0 Å². The van der Waals surface area contributed by atoms with Crippen LogP contribution >= 0.6 is 0 Å². The molecule has 3 aromatic carbocycles. The van der Waals surface area contributed by atoms with Gasteiger partial charge in [-0.25, -0.2) is 0 Å². The third kappa shape index (κ3) is 4.75. The standard InChI is InChI=1S/C26H26N2O4/c1-17-9-10-18(2)23(13-17)31-16-25(29)27-21-11-12-22-24(14-21)32-19(3)26(30)28(22)15-20-7-5-4-6-8-20/h4-14,19H,15-16H2,1-3H3,(H,27,29). The minimum Gasteiger partial charge on any atom is -0.483 e. The summed E-state index contributed by atoms with van der Waals surface area (Å²) < 4.78 is 11.5. The van der Waals surface area contributed by atoms with E-state index >= 15 is 0 Å². The number of aryl methyl sites for hydroxylation is 2. The molecule has 0 saturated heterocycles. The number of fused-ring (bicyclic) bond motifs is 1. The Labute approximate surface area is 187 Å². The Bertz CT molecular complexity index is 1140. The van der Waals surface area contributed by atoms with E-state index in [1.807, 2.05) is 62.4 Å². The van der Waals surface area contributed by atoms with E-state index in [0.717, 1.165) is 16.7 Å². The van der Waals surface area contributed by atoms with Gasteiger partial charge < -0.3 is 19.7 Å². The summed E-state index contributed by atoms with van der Waals surface area (Å²) in [5.74, 6) is 0.881. The van der Waals surface area contributed by atoms with Crippen molar-refractivity contribution in [1.29, 1.82) is 0 Å². The molecular weight excluding hydrogens is 404 g/mol. The van der Waals surface area contributed by atoms with Gasteiger partial charge in [0.2, 0.25) is 0 Å². The van der Waals surface area contributed by atoms with Crippen LogP contribution in [0.25, 0.3) is 0 Å². The van der Waals surface area contributed by atoms with Crippen LogP contribution < -0.4 is 19.7 Å². The Hall–Kier alpha value is -3.80. The van der Waals surface area contributed by atoms with Gasteiger partial charge in [-0.05, 0) is 55.7 Å². The molecule has 0 aromatic heterocycles. The number of rotatable bonds is 6. The molecule has 0 radical (unpaired) electrons. The quantitative estimate of drug-likeness (QED) is 0.619. The molecule has 164 valence electrons. The van der Waals surface area contributed by atoms with Crippen molar-refractivity contribution in [2.75, 3.05) is 16.8 Å². The van der Waals surface area contributed by atoms with Crippen molar-refractivity contribution < 1.29 is 19.1 Å². The van der Waals surface area contributed by atoms with Gasteiger partial charge in [-0.3, -0.25) is 9.59 Å². The molecule has 1 aliphatic heterocycles. The molecule has 4 rings (SSSR count). The van der Waals surface area contributed by atoms with Gasteiger partial charge >= 0.3 is 0 Å². The Morgan fingerprint density at radius 1 is 1.06 bits per heavy atom. The summed E-state index contributed by atoms with van der Waals surface area (Å²) in [6.45, 7) is 6.00. The molecular formula is C26H26N2O4. The zero-order chi connectivity index (χ0) is 22.7. The predicted octanol–water partition coefficient (Wildman–Crippen LogP) is 4.64. The van der Waals surface area contributed by atoms with E-state index in [9.17, 15) is 9.59 Å². The van der Waals surface area contributed by atoms with Crippen molar-refractivity contribution in [2.45, 2.75) is 33.4 Å². The Balaban J connectivity index is 1.46. The first-order valence-corrected chi connectivity index (χ1v) is 10.6. The van der Waals surface area contributed by atoms with Crippen molar-refractivity contribution in [3.8, 4) is 11.5 Å². The highest BCUT2D eigenvalue weighted by atomic mass is 16.5. The maximum Gasteiger partial charge on any atom is 0.268 e. The molecule has 1 aliphatic rings. The summed E-state index contributed by atoms with van der Waals surface area (Å²) in [5, 5.41) is 2.84. The van der Waals surface area contributed by atoms with E-state index in [2.05, 4.69) is 5.32 Å². The van der Waals surface area contributed by atoms with E-state index in [1.54, 1.807) is 30.0 Å². The highest BCUT2D eigenvalue weighted by Gasteiger charge is 2.31. The first-order chi connectivity index (χ1) is 15.4. The molecule has 2 amide bonds. The van der Waals surface area contributed by atoms with Crippen LogP contribution in [0.3, 0.4) is 0 Å². The molecule has 6 nitrogen and oxygen atoms in total. The summed E-state index contributed by atoms with van der Waals surface area (Å²) in [5.41, 5.74) is 4.34. The third-order valence-corrected chi connectivity index (χ3v) is 5.34. The fourth-order valence-electron chi connectivity index (χ4n) is 3.62. The smallest absolute Gasteiger partial charge is 0.268 e. The second-order valence-electron chi connectivity index (χ2n) is 7.96. The molecule has 0 fully saturated rings. The van der Waals surface area contributed by atoms with Crippen LogP contribution in [0.5, 0.6) is 11.5 Å².